The fourth-order valence-electron chi connectivity index (χ4n) is 1.73. The van der Waals surface area contributed by atoms with Crippen molar-refractivity contribution < 1.29 is 38.4 Å². The number of amides is 1. The molecule has 1 amide bonds. The summed E-state index contributed by atoms with van der Waals surface area (Å²) in [6.07, 6.45) is 0.769. The lowest BCUT2D eigenvalue weighted by Crippen LogP contribution is -2.31. The average molecular weight is 369 g/mol. The molecular formula is C17H23NO8. The van der Waals surface area contributed by atoms with E-state index in [9.17, 15) is 14.4 Å². The number of carbonyl (C=O) groups excluding carboxylic acids is 2. The summed E-state index contributed by atoms with van der Waals surface area (Å²) in [5.41, 5.74) is 0.592. The fraction of sp³-hybridized carbons (Fsp3) is 0.471. The van der Waals surface area contributed by atoms with Crippen LogP contribution in [0.3, 0.4) is 0 Å². The molecule has 9 heteroatoms. The van der Waals surface area contributed by atoms with Gasteiger partial charge in [-0.1, -0.05) is 0 Å². The van der Waals surface area contributed by atoms with Gasteiger partial charge in [-0.25, -0.2) is 4.79 Å². The molecule has 0 aliphatic heterocycles. The molecule has 0 heterocycles. The van der Waals surface area contributed by atoms with Crippen molar-refractivity contribution in [1.29, 1.82) is 0 Å². The van der Waals surface area contributed by atoms with Crippen LogP contribution in [0.5, 0.6) is 5.75 Å². The van der Waals surface area contributed by atoms with Crippen molar-refractivity contribution in [3.05, 3.63) is 29.8 Å². The zero-order valence-electron chi connectivity index (χ0n) is 14.3. The number of hydrogen-bond donors (Lipinski definition) is 2. The first-order chi connectivity index (χ1) is 12.6. The Hall–Kier alpha value is -2.49. The second kappa shape index (κ2) is 13.8. The van der Waals surface area contributed by atoms with Gasteiger partial charge in [0.15, 0.2) is 0 Å². The molecule has 2 N–H and O–H groups in total. The molecule has 1 aromatic carbocycles. The molecule has 1 aromatic rings. The second-order valence-corrected chi connectivity index (χ2v) is 5.00. The van der Waals surface area contributed by atoms with Crippen LogP contribution in [0.2, 0.25) is 0 Å². The Morgan fingerprint density at radius 3 is 2.23 bits per heavy atom. The third-order valence-electron chi connectivity index (χ3n) is 2.91. The van der Waals surface area contributed by atoms with Crippen LogP contribution < -0.4 is 10.1 Å². The number of benzene rings is 1. The minimum Gasteiger partial charge on any atom is -0.491 e. The van der Waals surface area contributed by atoms with Gasteiger partial charge in [0.2, 0.25) is 5.91 Å². The standard InChI is InChI=1S/C17H23NO8/c19-11-14-1-3-15(4-2-14)26-10-9-24-8-7-23-6-5-18-16(20)12-25-13-17(21)22/h1-4,11H,5-10,12-13H2,(H,18,20)(H,21,22). The van der Waals surface area contributed by atoms with Crippen molar-refractivity contribution in [3.63, 3.8) is 0 Å². The van der Waals surface area contributed by atoms with Crippen LogP contribution in [0.15, 0.2) is 24.3 Å². The fourth-order valence-corrected chi connectivity index (χ4v) is 1.73. The summed E-state index contributed by atoms with van der Waals surface area (Å²) in [4.78, 5) is 32.0. The molecule has 0 unspecified atom stereocenters. The van der Waals surface area contributed by atoms with Gasteiger partial charge in [0.25, 0.3) is 0 Å². The van der Waals surface area contributed by atoms with E-state index in [1.807, 2.05) is 0 Å². The molecule has 0 atom stereocenters. The topological polar surface area (TPSA) is 120 Å². The van der Waals surface area contributed by atoms with E-state index in [0.29, 0.717) is 50.9 Å². The molecule has 0 spiro atoms. The van der Waals surface area contributed by atoms with Gasteiger partial charge < -0.3 is 29.4 Å². The number of rotatable bonds is 15. The quantitative estimate of drug-likeness (QED) is 0.331. The Morgan fingerprint density at radius 1 is 0.923 bits per heavy atom. The van der Waals surface area contributed by atoms with Crippen molar-refractivity contribution in [1.82, 2.24) is 5.32 Å². The lowest BCUT2D eigenvalue weighted by Gasteiger charge is -2.08. The normalized spacial score (nSPS) is 10.3. The molecule has 0 aliphatic rings. The number of carboxylic acid groups (broad SMARTS) is 1. The van der Waals surface area contributed by atoms with Gasteiger partial charge >= 0.3 is 5.97 Å². The van der Waals surface area contributed by atoms with Gasteiger partial charge in [-0.15, -0.1) is 0 Å². The molecule has 0 saturated heterocycles. The number of carbonyl (C=O) groups is 3. The molecule has 9 nitrogen and oxygen atoms in total. The number of nitrogens with one attached hydrogen (secondary N) is 1. The van der Waals surface area contributed by atoms with Crippen molar-refractivity contribution in [2.24, 2.45) is 0 Å². The van der Waals surface area contributed by atoms with Gasteiger partial charge in [0.1, 0.15) is 31.9 Å². The van der Waals surface area contributed by atoms with E-state index in [1.54, 1.807) is 24.3 Å². The summed E-state index contributed by atoms with van der Waals surface area (Å²) in [5, 5.41) is 10.9. The minimum absolute atomic E-state index is 0.298. The second-order valence-electron chi connectivity index (χ2n) is 5.00. The first-order valence-corrected chi connectivity index (χ1v) is 8.01. The Balaban J connectivity index is 1.87. The first-order valence-electron chi connectivity index (χ1n) is 8.01. The zero-order chi connectivity index (χ0) is 19.0. The van der Waals surface area contributed by atoms with Crippen LogP contribution in [0, 0.1) is 0 Å². The summed E-state index contributed by atoms with van der Waals surface area (Å²) in [7, 11) is 0. The van der Waals surface area contributed by atoms with Crippen molar-refractivity contribution >= 4 is 18.2 Å². The number of aliphatic carboxylic acids is 1. The molecule has 0 fully saturated rings. The highest BCUT2D eigenvalue weighted by Crippen LogP contribution is 2.10. The third-order valence-corrected chi connectivity index (χ3v) is 2.91. The zero-order valence-corrected chi connectivity index (χ0v) is 14.3. The van der Waals surface area contributed by atoms with Gasteiger partial charge in [0.05, 0.1) is 26.4 Å². The Bertz CT molecular complexity index is 546. The molecule has 26 heavy (non-hydrogen) atoms. The predicted molar refractivity (Wildman–Crippen MR) is 90.4 cm³/mol. The smallest absolute Gasteiger partial charge is 0.329 e. The number of aldehydes is 1. The Kier molecular flexibility index (Phi) is 11.4. The van der Waals surface area contributed by atoms with Crippen LogP contribution in [-0.2, 0) is 23.8 Å². The van der Waals surface area contributed by atoms with E-state index >= 15 is 0 Å². The largest absolute Gasteiger partial charge is 0.491 e. The molecule has 0 saturated carbocycles. The van der Waals surface area contributed by atoms with Crippen LogP contribution in [0.25, 0.3) is 0 Å². The first kappa shape index (κ1) is 21.6. The average Bonchev–Trinajstić information content (AvgIpc) is 2.63. The Labute approximate surface area is 151 Å². The van der Waals surface area contributed by atoms with Crippen molar-refractivity contribution in [3.8, 4) is 5.75 Å². The van der Waals surface area contributed by atoms with E-state index in [1.165, 1.54) is 0 Å². The minimum atomic E-state index is -1.12. The van der Waals surface area contributed by atoms with E-state index in [0.717, 1.165) is 6.29 Å². The molecule has 144 valence electrons. The lowest BCUT2D eigenvalue weighted by atomic mass is 10.2. The van der Waals surface area contributed by atoms with Crippen molar-refractivity contribution in [2.75, 3.05) is 52.8 Å². The summed E-state index contributed by atoms with van der Waals surface area (Å²) < 4.78 is 20.7. The summed E-state index contributed by atoms with van der Waals surface area (Å²) >= 11 is 0. The molecule has 0 bridgehead atoms. The van der Waals surface area contributed by atoms with Gasteiger partial charge in [-0.2, -0.15) is 0 Å². The molecule has 1 rings (SSSR count). The van der Waals surface area contributed by atoms with Crippen LogP contribution >= 0.6 is 0 Å². The third kappa shape index (κ3) is 11.1. The highest BCUT2D eigenvalue weighted by molar-refractivity contribution is 5.77. The van der Waals surface area contributed by atoms with E-state index in [2.05, 4.69) is 10.1 Å². The van der Waals surface area contributed by atoms with Gasteiger partial charge in [0, 0.05) is 12.1 Å². The maximum atomic E-state index is 11.2. The summed E-state index contributed by atoms with van der Waals surface area (Å²) in [6.45, 7) is 1.36. The maximum absolute atomic E-state index is 11.2. The summed E-state index contributed by atoms with van der Waals surface area (Å²) in [6, 6.07) is 6.78. The van der Waals surface area contributed by atoms with Crippen LogP contribution in [-0.4, -0.2) is 76.1 Å². The molecule has 0 aromatic heterocycles. The number of ether oxygens (including phenoxy) is 4. The van der Waals surface area contributed by atoms with Gasteiger partial charge in [-0.05, 0) is 24.3 Å². The molecule has 0 radical (unpaired) electrons. The van der Waals surface area contributed by atoms with Crippen LogP contribution in [0.1, 0.15) is 10.4 Å². The van der Waals surface area contributed by atoms with Crippen LogP contribution in [0.4, 0.5) is 0 Å². The molecule has 0 aliphatic carbocycles. The molecular weight excluding hydrogens is 346 g/mol. The lowest BCUT2D eigenvalue weighted by molar-refractivity contribution is -0.143. The maximum Gasteiger partial charge on any atom is 0.329 e. The van der Waals surface area contributed by atoms with Gasteiger partial charge in [-0.3, -0.25) is 9.59 Å². The highest BCUT2D eigenvalue weighted by atomic mass is 16.5. The number of carboxylic acids is 1. The Morgan fingerprint density at radius 2 is 1.58 bits per heavy atom. The summed E-state index contributed by atoms with van der Waals surface area (Å²) in [5.74, 6) is -0.856. The predicted octanol–water partition coefficient (Wildman–Crippen LogP) is 0.129. The highest BCUT2D eigenvalue weighted by Gasteiger charge is 2.03. The monoisotopic (exact) mass is 369 g/mol. The SMILES string of the molecule is O=Cc1ccc(OCCOCCOCCNC(=O)COCC(=O)O)cc1. The van der Waals surface area contributed by atoms with E-state index in [-0.39, 0.29) is 6.61 Å². The van der Waals surface area contributed by atoms with Crippen molar-refractivity contribution in [2.45, 2.75) is 0 Å². The van der Waals surface area contributed by atoms with E-state index < -0.39 is 18.5 Å². The van der Waals surface area contributed by atoms with E-state index in [4.69, 9.17) is 19.3 Å². The number of hydrogen-bond acceptors (Lipinski definition) is 7.